The molecule has 0 spiro atoms. The molecule has 0 aliphatic heterocycles. The lowest BCUT2D eigenvalue weighted by molar-refractivity contribution is 0.0979. The van der Waals surface area contributed by atoms with Crippen LogP contribution < -0.4 is 11.1 Å². The first-order chi connectivity index (χ1) is 20.3. The molecule has 0 bridgehead atoms. The number of anilines is 2. The number of aryl methyl sites for hydroxylation is 1. The van der Waals surface area contributed by atoms with Crippen molar-refractivity contribution in [3.05, 3.63) is 153 Å². The van der Waals surface area contributed by atoms with Gasteiger partial charge in [0.1, 0.15) is 0 Å². The maximum Gasteiger partial charge on any atom is 0.196 e. The van der Waals surface area contributed by atoms with Gasteiger partial charge in [0, 0.05) is 46.0 Å². The van der Waals surface area contributed by atoms with Crippen LogP contribution in [0.3, 0.4) is 0 Å². The second-order valence-electron chi connectivity index (χ2n) is 10.2. The number of nitrogens with one attached hydrogen (secondary N) is 1. The number of hydrogen-bond acceptors (Lipinski definition) is 6. The molecule has 2 aliphatic rings. The lowest BCUT2D eigenvalue weighted by Crippen LogP contribution is -2.24. The molecule has 6 nitrogen and oxygen atoms in total. The van der Waals surface area contributed by atoms with Gasteiger partial charge in [-0.2, -0.15) is 0 Å². The minimum atomic E-state index is -0.180. The molecule has 6 heteroatoms. The highest BCUT2D eigenvalue weighted by molar-refractivity contribution is 6.33. The number of fused-ring (bicyclic) bond motifs is 4. The number of rotatable bonds is 2. The first-order valence-corrected chi connectivity index (χ1v) is 13.5. The fourth-order valence-corrected chi connectivity index (χ4v) is 5.59. The van der Waals surface area contributed by atoms with Crippen LogP contribution in [0.1, 0.15) is 69.2 Å². The molecule has 7 rings (SSSR count). The Hall–Kier alpha value is -5.62. The van der Waals surface area contributed by atoms with E-state index >= 15 is 0 Å². The number of carbonyl (C=O) groups is 4. The van der Waals surface area contributed by atoms with Crippen LogP contribution in [0.5, 0.6) is 0 Å². The van der Waals surface area contributed by atoms with E-state index in [-0.39, 0.29) is 23.1 Å². The Morgan fingerprint density at radius 3 is 1.29 bits per heavy atom. The molecule has 42 heavy (non-hydrogen) atoms. The number of nitrogens with two attached hydrogens (primary N) is 1. The van der Waals surface area contributed by atoms with Gasteiger partial charge in [0.15, 0.2) is 23.1 Å². The Morgan fingerprint density at radius 2 is 0.881 bits per heavy atom. The van der Waals surface area contributed by atoms with Gasteiger partial charge in [-0.1, -0.05) is 103 Å². The molecule has 0 amide bonds. The molecular formula is C36H26N2O4. The average molecular weight is 551 g/mol. The van der Waals surface area contributed by atoms with Crippen molar-refractivity contribution in [3.8, 4) is 11.1 Å². The Bertz CT molecular complexity index is 1850. The van der Waals surface area contributed by atoms with Crippen molar-refractivity contribution in [2.24, 2.45) is 0 Å². The molecule has 2 aliphatic carbocycles. The molecule has 0 saturated carbocycles. The molecule has 0 atom stereocenters. The highest BCUT2D eigenvalue weighted by Gasteiger charge is 2.35. The van der Waals surface area contributed by atoms with Gasteiger partial charge in [-0.05, 0) is 24.1 Å². The van der Waals surface area contributed by atoms with E-state index in [2.05, 4.69) is 5.32 Å². The van der Waals surface area contributed by atoms with Crippen LogP contribution in [0.15, 0.2) is 103 Å². The summed E-state index contributed by atoms with van der Waals surface area (Å²) in [5.74, 6) is -0.459. The molecule has 0 aromatic heterocycles. The number of benzene rings is 5. The highest BCUT2D eigenvalue weighted by atomic mass is 16.1. The van der Waals surface area contributed by atoms with Crippen LogP contribution in [0.4, 0.5) is 11.4 Å². The van der Waals surface area contributed by atoms with Gasteiger partial charge in [-0.15, -0.1) is 0 Å². The highest BCUT2D eigenvalue weighted by Crippen LogP contribution is 2.41. The van der Waals surface area contributed by atoms with Gasteiger partial charge in [0.2, 0.25) is 0 Å². The number of nitrogen functional groups attached to an aromatic ring is 1. The smallest absolute Gasteiger partial charge is 0.196 e. The third-order valence-electron chi connectivity index (χ3n) is 7.67. The van der Waals surface area contributed by atoms with E-state index in [9.17, 15) is 19.2 Å². The van der Waals surface area contributed by atoms with Gasteiger partial charge >= 0.3 is 0 Å². The largest absolute Gasteiger partial charge is 0.397 e. The summed E-state index contributed by atoms with van der Waals surface area (Å²) in [6, 6.07) is 30.5. The summed E-state index contributed by atoms with van der Waals surface area (Å²) in [4.78, 5) is 50.7. The number of carbonyl (C=O) groups excluding carboxylic acids is 4. The maximum atomic E-state index is 13.3. The van der Waals surface area contributed by atoms with Crippen molar-refractivity contribution in [3.63, 3.8) is 0 Å². The molecular weight excluding hydrogens is 524 g/mol. The second kappa shape index (κ2) is 10.4. The van der Waals surface area contributed by atoms with Gasteiger partial charge in [-0.3, -0.25) is 19.2 Å². The first-order valence-electron chi connectivity index (χ1n) is 13.5. The van der Waals surface area contributed by atoms with Crippen molar-refractivity contribution >= 4 is 34.5 Å². The molecule has 204 valence electrons. The molecule has 3 N–H and O–H groups in total. The van der Waals surface area contributed by atoms with Crippen LogP contribution in [0.2, 0.25) is 0 Å². The summed E-state index contributed by atoms with van der Waals surface area (Å²) in [7, 11) is 1.70. The number of hydrogen-bond donors (Lipinski definition) is 2. The summed E-state index contributed by atoms with van der Waals surface area (Å²) in [6.07, 6.45) is 0. The Kier molecular flexibility index (Phi) is 6.59. The van der Waals surface area contributed by atoms with Crippen LogP contribution in [-0.2, 0) is 0 Å². The molecule has 0 fully saturated rings. The van der Waals surface area contributed by atoms with Crippen molar-refractivity contribution in [2.45, 2.75) is 6.92 Å². The van der Waals surface area contributed by atoms with Gasteiger partial charge in [0.25, 0.3) is 0 Å². The number of ketones is 4. The predicted octanol–water partition coefficient (Wildman–Crippen LogP) is 6.52. The monoisotopic (exact) mass is 550 g/mol. The van der Waals surface area contributed by atoms with Crippen molar-refractivity contribution in [2.75, 3.05) is 18.1 Å². The van der Waals surface area contributed by atoms with Crippen molar-refractivity contribution < 1.29 is 19.2 Å². The third kappa shape index (κ3) is 4.21. The predicted molar refractivity (Wildman–Crippen MR) is 164 cm³/mol. The topological polar surface area (TPSA) is 106 Å². The van der Waals surface area contributed by atoms with E-state index in [4.69, 9.17) is 5.73 Å². The fourth-order valence-electron chi connectivity index (χ4n) is 5.59. The van der Waals surface area contributed by atoms with Crippen molar-refractivity contribution in [1.82, 2.24) is 0 Å². The SMILES string of the molecule is CNc1c(N)cc(-c2ccc(C)cc2)c2c1C(=O)c1ccccc1C2=O.O=C1c2ccccc2C(=O)c2ccccc21. The minimum Gasteiger partial charge on any atom is -0.397 e. The summed E-state index contributed by atoms with van der Waals surface area (Å²) in [5.41, 5.74) is 13.5. The van der Waals surface area contributed by atoms with E-state index in [0.29, 0.717) is 61.4 Å². The molecule has 5 aromatic rings. The zero-order chi connectivity index (χ0) is 29.5. The van der Waals surface area contributed by atoms with Crippen LogP contribution >= 0.6 is 0 Å². The van der Waals surface area contributed by atoms with E-state index < -0.39 is 0 Å². The van der Waals surface area contributed by atoms with Gasteiger partial charge in [-0.25, -0.2) is 0 Å². The zero-order valence-corrected chi connectivity index (χ0v) is 23.0. The quantitative estimate of drug-likeness (QED) is 0.237. The minimum absolute atomic E-state index is 0.0641. The maximum absolute atomic E-state index is 13.3. The summed E-state index contributed by atoms with van der Waals surface area (Å²) in [6.45, 7) is 2.00. The third-order valence-corrected chi connectivity index (χ3v) is 7.67. The van der Waals surface area contributed by atoms with Gasteiger partial charge < -0.3 is 11.1 Å². The fraction of sp³-hybridized carbons (Fsp3) is 0.0556. The zero-order valence-electron chi connectivity index (χ0n) is 23.0. The van der Waals surface area contributed by atoms with Crippen LogP contribution in [-0.4, -0.2) is 30.2 Å². The molecule has 0 saturated heterocycles. The van der Waals surface area contributed by atoms with Crippen LogP contribution in [0, 0.1) is 6.92 Å². The Balaban J connectivity index is 0.000000168. The van der Waals surface area contributed by atoms with Crippen LogP contribution in [0.25, 0.3) is 11.1 Å². The van der Waals surface area contributed by atoms with E-state index in [1.807, 2.05) is 31.2 Å². The van der Waals surface area contributed by atoms with Crippen molar-refractivity contribution in [1.29, 1.82) is 0 Å². The lowest BCUT2D eigenvalue weighted by atomic mass is 9.79. The summed E-state index contributed by atoms with van der Waals surface area (Å²) in [5, 5.41) is 2.99. The summed E-state index contributed by atoms with van der Waals surface area (Å²) >= 11 is 0. The van der Waals surface area contributed by atoms with E-state index in [1.54, 1.807) is 85.9 Å². The standard InChI is InChI=1S/C22H18N2O2.C14H8O2/c1-12-7-9-13(10-8-12)16-11-17(23)20(24-2)19-18(16)21(25)14-5-3-4-6-15(14)22(19)26;15-13-9-5-1-2-6-10(9)14(16)12-8-4-3-7-11(12)13/h3-11,24H,23H2,1-2H3;1-8H. The lowest BCUT2D eigenvalue weighted by Gasteiger charge is -2.24. The molecule has 0 unspecified atom stereocenters. The van der Waals surface area contributed by atoms with E-state index in [0.717, 1.165) is 11.1 Å². The molecule has 0 radical (unpaired) electrons. The second-order valence-corrected chi connectivity index (χ2v) is 10.2. The average Bonchev–Trinajstić information content (AvgIpc) is 3.02. The molecule has 5 aromatic carbocycles. The van der Waals surface area contributed by atoms with Gasteiger partial charge in [0.05, 0.1) is 16.9 Å². The Labute approximate surface area is 242 Å². The molecule has 0 heterocycles. The first kappa shape index (κ1) is 26.6. The Morgan fingerprint density at radius 1 is 0.500 bits per heavy atom. The van der Waals surface area contributed by atoms with E-state index in [1.165, 1.54) is 0 Å². The normalized spacial score (nSPS) is 12.8. The summed E-state index contributed by atoms with van der Waals surface area (Å²) < 4.78 is 0.